The molecule has 9 heteroatoms. The van der Waals surface area contributed by atoms with E-state index in [1.807, 2.05) is 6.92 Å². The van der Waals surface area contributed by atoms with Crippen LogP contribution in [0.25, 0.3) is 0 Å². The van der Waals surface area contributed by atoms with Gasteiger partial charge in [-0.05, 0) is 32.0 Å². The van der Waals surface area contributed by atoms with Gasteiger partial charge in [-0.25, -0.2) is 16.8 Å². The lowest BCUT2D eigenvalue weighted by Gasteiger charge is -2.33. The fraction of sp³-hybridized carbons (Fsp3) is 0.909. The molecule has 2 aliphatic rings. The molecule has 0 aromatic carbocycles. The van der Waals surface area contributed by atoms with Crippen molar-refractivity contribution >= 4 is 37.0 Å². The molecular weight excluding hydrogens is 320 g/mol. The van der Waals surface area contributed by atoms with E-state index < -0.39 is 25.2 Å². The number of nitrogens with zero attached hydrogens (tertiary/aromatic N) is 1. The lowest BCUT2D eigenvalue weighted by Crippen LogP contribution is -2.53. The van der Waals surface area contributed by atoms with E-state index in [2.05, 4.69) is 5.32 Å². The topological polar surface area (TPSA) is 83.6 Å². The molecule has 2 aliphatic heterocycles. The molecular formula is C11H20N2O4S3. The number of hydrogen-bond donors (Lipinski definition) is 1. The monoisotopic (exact) mass is 340 g/mol. The highest BCUT2D eigenvalue weighted by molar-refractivity contribution is 7.92. The van der Waals surface area contributed by atoms with Gasteiger partial charge in [0.05, 0.1) is 28.6 Å². The summed E-state index contributed by atoms with van der Waals surface area (Å²) in [5, 5.41) is 3.52. The summed E-state index contributed by atoms with van der Waals surface area (Å²) in [6.45, 7) is 1.84. The fourth-order valence-electron chi connectivity index (χ4n) is 2.70. The second-order valence-corrected chi connectivity index (χ2v) is 10.8. The Hall–Kier alpha value is -0.410. The van der Waals surface area contributed by atoms with Crippen molar-refractivity contribution in [2.45, 2.75) is 31.3 Å². The molecule has 0 saturated carbocycles. The Morgan fingerprint density at radius 2 is 1.90 bits per heavy atom. The molecule has 2 rings (SSSR count). The van der Waals surface area contributed by atoms with Crippen molar-refractivity contribution in [2.75, 3.05) is 30.1 Å². The molecule has 0 aliphatic carbocycles. The normalized spacial score (nSPS) is 34.8. The second-order valence-electron chi connectivity index (χ2n) is 6.00. The number of hydrogen-bond acceptors (Lipinski definition) is 5. The predicted octanol–water partition coefficient (Wildman–Crippen LogP) is -0.443. The molecule has 0 radical (unpaired) electrons. The van der Waals surface area contributed by atoms with Crippen molar-refractivity contribution in [2.24, 2.45) is 0 Å². The third-order valence-electron chi connectivity index (χ3n) is 3.99. The van der Waals surface area contributed by atoms with Crippen molar-refractivity contribution in [3.05, 3.63) is 0 Å². The van der Waals surface area contributed by atoms with Gasteiger partial charge in [0.15, 0.2) is 24.8 Å². The molecule has 2 fully saturated rings. The van der Waals surface area contributed by atoms with Gasteiger partial charge in [0.1, 0.15) is 0 Å². The van der Waals surface area contributed by atoms with Gasteiger partial charge in [0, 0.05) is 13.1 Å². The first-order valence-corrected chi connectivity index (χ1v) is 10.5. The molecule has 0 spiro atoms. The minimum Gasteiger partial charge on any atom is -0.356 e. The Morgan fingerprint density at radius 1 is 1.25 bits per heavy atom. The highest BCUT2D eigenvalue weighted by atomic mass is 32.2. The Bertz CT molecular complexity index is 614. The summed E-state index contributed by atoms with van der Waals surface area (Å²) in [5.41, 5.74) is -0.554. The van der Waals surface area contributed by atoms with Crippen LogP contribution in [-0.4, -0.2) is 68.5 Å². The van der Waals surface area contributed by atoms with E-state index in [-0.39, 0.29) is 29.1 Å². The van der Waals surface area contributed by atoms with E-state index >= 15 is 0 Å². The molecule has 1 N–H and O–H groups in total. The molecule has 2 saturated heterocycles. The van der Waals surface area contributed by atoms with Gasteiger partial charge in [-0.2, -0.15) is 0 Å². The Kier molecular flexibility index (Phi) is 4.07. The van der Waals surface area contributed by atoms with Gasteiger partial charge in [0.25, 0.3) is 0 Å². The van der Waals surface area contributed by atoms with E-state index in [1.54, 1.807) is 11.9 Å². The minimum absolute atomic E-state index is 0.0664. The van der Waals surface area contributed by atoms with E-state index in [0.717, 1.165) is 0 Å². The maximum absolute atomic E-state index is 11.6. The van der Waals surface area contributed by atoms with Crippen molar-refractivity contribution in [1.29, 1.82) is 0 Å². The highest BCUT2D eigenvalue weighted by Crippen LogP contribution is 2.24. The van der Waals surface area contributed by atoms with Crippen LogP contribution in [0, 0.1) is 0 Å². The van der Waals surface area contributed by atoms with Gasteiger partial charge in [0.2, 0.25) is 0 Å². The summed E-state index contributed by atoms with van der Waals surface area (Å²) < 4.78 is 46.1. The van der Waals surface area contributed by atoms with Crippen LogP contribution >= 0.6 is 12.2 Å². The highest BCUT2D eigenvalue weighted by Gasteiger charge is 2.40. The van der Waals surface area contributed by atoms with E-state index in [9.17, 15) is 16.8 Å². The van der Waals surface area contributed by atoms with Crippen LogP contribution in [0.2, 0.25) is 0 Å². The summed E-state index contributed by atoms with van der Waals surface area (Å²) in [7, 11) is -4.20. The zero-order chi connectivity index (χ0) is 15.2. The van der Waals surface area contributed by atoms with Crippen molar-refractivity contribution in [3.63, 3.8) is 0 Å². The average Bonchev–Trinajstić information content (AvgIpc) is 2.77. The summed E-state index contributed by atoms with van der Waals surface area (Å²) in [6.07, 6.45) is 1.09. The maximum Gasteiger partial charge on any atom is 0.169 e. The third-order valence-corrected chi connectivity index (χ3v) is 8.03. The van der Waals surface area contributed by atoms with E-state index in [0.29, 0.717) is 18.0 Å². The zero-order valence-electron chi connectivity index (χ0n) is 11.6. The number of sulfone groups is 2. The van der Waals surface area contributed by atoms with Crippen molar-refractivity contribution < 1.29 is 16.8 Å². The molecule has 2 atom stereocenters. The van der Waals surface area contributed by atoms with Crippen LogP contribution in [0.5, 0.6) is 0 Å². The van der Waals surface area contributed by atoms with Crippen LogP contribution in [0.1, 0.15) is 19.8 Å². The zero-order valence-corrected chi connectivity index (χ0v) is 14.1. The molecule has 0 amide bonds. The second kappa shape index (κ2) is 5.10. The summed E-state index contributed by atoms with van der Waals surface area (Å²) in [4.78, 5) is 1.75. The van der Waals surface area contributed by atoms with Crippen LogP contribution in [0.4, 0.5) is 0 Å². The maximum atomic E-state index is 11.6. The lowest BCUT2D eigenvalue weighted by molar-refractivity contribution is 0.365. The van der Waals surface area contributed by atoms with Gasteiger partial charge in [-0.1, -0.05) is 0 Å². The number of thiocarbonyl (C=S) groups is 1. The molecule has 116 valence electrons. The largest absolute Gasteiger partial charge is 0.356 e. The minimum atomic E-state index is -3.00. The number of rotatable bonds is 2. The SMILES string of the molecule is CN(C(=S)N[C@@]1(C)CCS(=O)(=O)C1)[C@H]1CCS(=O)(=O)C1. The quantitative estimate of drug-likeness (QED) is 0.682. The Labute approximate surface area is 125 Å². The molecule has 0 aromatic heterocycles. The molecule has 0 unspecified atom stereocenters. The smallest absolute Gasteiger partial charge is 0.169 e. The Morgan fingerprint density at radius 3 is 2.35 bits per heavy atom. The van der Waals surface area contributed by atoms with Gasteiger partial charge >= 0.3 is 0 Å². The Balaban J connectivity index is 1.99. The van der Waals surface area contributed by atoms with Crippen LogP contribution in [0.15, 0.2) is 0 Å². The third kappa shape index (κ3) is 3.62. The molecule has 20 heavy (non-hydrogen) atoms. The van der Waals surface area contributed by atoms with Crippen LogP contribution in [-0.2, 0) is 19.7 Å². The van der Waals surface area contributed by atoms with E-state index in [1.165, 1.54) is 0 Å². The summed E-state index contributed by atoms with van der Waals surface area (Å²) >= 11 is 5.30. The first-order valence-electron chi connectivity index (χ1n) is 6.48. The van der Waals surface area contributed by atoms with Crippen LogP contribution in [0.3, 0.4) is 0 Å². The van der Waals surface area contributed by atoms with Crippen molar-refractivity contribution in [1.82, 2.24) is 10.2 Å². The lowest BCUT2D eigenvalue weighted by atomic mass is 10.0. The molecule has 2 heterocycles. The van der Waals surface area contributed by atoms with Crippen molar-refractivity contribution in [3.8, 4) is 0 Å². The van der Waals surface area contributed by atoms with Gasteiger partial charge in [-0.3, -0.25) is 0 Å². The average molecular weight is 340 g/mol. The first-order chi connectivity index (χ1) is 9.02. The summed E-state index contributed by atoms with van der Waals surface area (Å²) in [6, 6.07) is -0.124. The number of nitrogens with one attached hydrogen (secondary N) is 1. The predicted molar refractivity (Wildman–Crippen MR) is 82.2 cm³/mol. The molecule has 0 bridgehead atoms. The first kappa shape index (κ1) is 16.0. The fourth-order valence-corrected chi connectivity index (χ4v) is 6.97. The van der Waals surface area contributed by atoms with E-state index in [4.69, 9.17) is 12.2 Å². The van der Waals surface area contributed by atoms with Crippen LogP contribution < -0.4 is 5.32 Å². The summed E-state index contributed by atoms with van der Waals surface area (Å²) in [5.74, 6) is 0.536. The van der Waals surface area contributed by atoms with Gasteiger partial charge in [-0.15, -0.1) is 0 Å². The molecule has 0 aromatic rings. The standard InChI is InChI=1S/C11H20N2O4S3/c1-11(4-6-20(16,17)8-11)12-10(18)13(2)9-3-5-19(14,15)7-9/h9H,3-8H2,1-2H3,(H,12,18)/t9-,11-/m0/s1. The van der Waals surface area contributed by atoms with Gasteiger partial charge < -0.3 is 10.2 Å². The molecule has 6 nitrogen and oxygen atoms in total.